The summed E-state index contributed by atoms with van der Waals surface area (Å²) in [6.07, 6.45) is 0. The second-order valence-electron chi connectivity index (χ2n) is 9.29. The molecule has 3 rings (SSSR count). The van der Waals surface area contributed by atoms with Crippen LogP contribution in [0.2, 0.25) is 0 Å². The van der Waals surface area contributed by atoms with Crippen LogP contribution in [0.1, 0.15) is 47.8 Å². The van der Waals surface area contributed by atoms with E-state index in [2.05, 4.69) is 81.6 Å². The Bertz CT molecular complexity index is 1080. The molecule has 0 spiro atoms. The first-order valence-electron chi connectivity index (χ1n) is 12.2. The third kappa shape index (κ3) is 5.38. The molecule has 0 N–H and O–H groups in total. The number of carbonyl (C=O) groups excluding carboxylic acids is 1. The molecule has 0 radical (unpaired) electrons. The van der Waals surface area contributed by atoms with E-state index in [0.717, 1.165) is 52.1 Å². The van der Waals surface area contributed by atoms with Gasteiger partial charge in [-0.3, -0.25) is 4.79 Å². The molecule has 0 fully saturated rings. The number of alkyl halides is 1. The smallest absolute Gasteiger partial charge is 0.178 e. The minimum Gasteiger partial charge on any atom is -0.487 e. The van der Waals surface area contributed by atoms with Crippen molar-refractivity contribution in [2.24, 2.45) is 0 Å². The molecule has 2 atom stereocenters. The van der Waals surface area contributed by atoms with E-state index in [1.165, 1.54) is 0 Å². The van der Waals surface area contributed by atoms with Crippen LogP contribution in [0.25, 0.3) is 0 Å². The SMILES string of the molecule is CC[N+](C)(CC)CCOc1ccc(C(C(=O)c2ccccc2)(c2ccccc2)C(C)I)cc1C. The standard InChI is InChI=1S/C30H37INO2/c1-6-32(5,7-2)20-21-34-28-19-18-27(22-23(28)3)30(24(4)31,26-16-12-9-13-17-26)29(33)25-14-10-8-11-15-25/h8-19,22,24H,6-7,20-21H2,1-5H3/q+1. The Kier molecular flexibility index (Phi) is 8.94. The highest BCUT2D eigenvalue weighted by Crippen LogP contribution is 2.43. The summed E-state index contributed by atoms with van der Waals surface area (Å²) < 4.78 is 7.23. The summed E-state index contributed by atoms with van der Waals surface area (Å²) in [6.45, 7) is 12.5. The molecule has 0 amide bonds. The molecule has 0 aliphatic heterocycles. The lowest BCUT2D eigenvalue weighted by Gasteiger charge is -2.37. The maximum absolute atomic E-state index is 14.2. The number of hydrogen-bond acceptors (Lipinski definition) is 2. The molecule has 0 saturated carbocycles. The van der Waals surface area contributed by atoms with E-state index in [9.17, 15) is 4.79 Å². The zero-order chi connectivity index (χ0) is 24.8. The number of aryl methyl sites for hydroxylation is 1. The average molecular weight is 571 g/mol. The van der Waals surface area contributed by atoms with Crippen LogP contribution in [0, 0.1) is 6.92 Å². The largest absolute Gasteiger partial charge is 0.487 e. The third-order valence-corrected chi connectivity index (χ3v) is 8.20. The molecule has 0 aromatic heterocycles. The number of halogens is 1. The maximum atomic E-state index is 14.2. The topological polar surface area (TPSA) is 26.3 Å². The van der Waals surface area contributed by atoms with E-state index in [1.54, 1.807) is 0 Å². The molecular weight excluding hydrogens is 533 g/mol. The third-order valence-electron chi connectivity index (χ3n) is 7.27. The fraction of sp³-hybridized carbons (Fsp3) is 0.367. The van der Waals surface area contributed by atoms with E-state index >= 15 is 0 Å². The van der Waals surface area contributed by atoms with Crippen molar-refractivity contribution >= 4 is 28.4 Å². The number of rotatable bonds is 11. The van der Waals surface area contributed by atoms with Crippen LogP contribution in [-0.4, -0.2) is 47.5 Å². The van der Waals surface area contributed by atoms with Crippen molar-refractivity contribution in [2.75, 3.05) is 33.3 Å². The number of benzene rings is 3. The summed E-state index contributed by atoms with van der Waals surface area (Å²) in [5.74, 6) is 1.01. The molecule has 4 heteroatoms. The van der Waals surface area contributed by atoms with Gasteiger partial charge in [-0.2, -0.15) is 0 Å². The molecule has 2 unspecified atom stereocenters. The predicted molar refractivity (Wildman–Crippen MR) is 150 cm³/mol. The molecule has 0 bridgehead atoms. The van der Waals surface area contributed by atoms with Gasteiger partial charge in [-0.1, -0.05) is 102 Å². The molecule has 0 aliphatic carbocycles. The van der Waals surface area contributed by atoms with Gasteiger partial charge in [0.1, 0.15) is 18.9 Å². The van der Waals surface area contributed by atoms with Crippen molar-refractivity contribution in [1.82, 2.24) is 0 Å². The molecule has 180 valence electrons. The summed E-state index contributed by atoms with van der Waals surface area (Å²) in [5, 5.41) is 0. The van der Waals surface area contributed by atoms with Crippen LogP contribution in [0.3, 0.4) is 0 Å². The van der Waals surface area contributed by atoms with Crippen molar-refractivity contribution in [3.63, 3.8) is 0 Å². The quantitative estimate of drug-likeness (QED) is 0.109. The van der Waals surface area contributed by atoms with Gasteiger partial charge in [0.2, 0.25) is 0 Å². The Morgan fingerprint density at radius 3 is 2.06 bits per heavy atom. The number of ether oxygens (including phenoxy) is 1. The maximum Gasteiger partial charge on any atom is 0.178 e. The Labute approximate surface area is 218 Å². The molecular formula is C30H37INO2+. The van der Waals surface area contributed by atoms with Gasteiger partial charge < -0.3 is 9.22 Å². The Morgan fingerprint density at radius 1 is 0.941 bits per heavy atom. The van der Waals surface area contributed by atoms with E-state index in [4.69, 9.17) is 4.74 Å². The van der Waals surface area contributed by atoms with Crippen LogP contribution >= 0.6 is 22.6 Å². The van der Waals surface area contributed by atoms with Crippen LogP contribution in [0.15, 0.2) is 78.9 Å². The summed E-state index contributed by atoms with van der Waals surface area (Å²) in [5.41, 5.74) is 2.99. The second kappa shape index (κ2) is 11.5. The zero-order valence-electron chi connectivity index (χ0n) is 21.1. The first kappa shape index (κ1) is 26.4. The number of likely N-dealkylation sites (N-methyl/N-ethyl adjacent to an activating group) is 1. The Balaban J connectivity index is 2.04. The molecule has 0 aliphatic rings. The molecule has 0 saturated heterocycles. The number of nitrogens with zero attached hydrogens (tertiary/aromatic N) is 1. The lowest BCUT2D eigenvalue weighted by atomic mass is 9.67. The van der Waals surface area contributed by atoms with Gasteiger partial charge in [-0.25, -0.2) is 0 Å². The van der Waals surface area contributed by atoms with Gasteiger partial charge in [0.05, 0.1) is 25.6 Å². The van der Waals surface area contributed by atoms with Gasteiger partial charge in [0, 0.05) is 9.49 Å². The number of Topliss-reactive ketones (excluding diaryl/α,β-unsaturated/α-hetero) is 1. The molecule has 3 nitrogen and oxygen atoms in total. The lowest BCUT2D eigenvalue weighted by molar-refractivity contribution is -0.906. The molecule has 34 heavy (non-hydrogen) atoms. The summed E-state index contributed by atoms with van der Waals surface area (Å²) in [6, 6.07) is 26.1. The number of ketones is 1. The first-order valence-corrected chi connectivity index (χ1v) is 13.4. The minimum atomic E-state index is -0.799. The summed E-state index contributed by atoms with van der Waals surface area (Å²) in [7, 11) is 2.27. The zero-order valence-corrected chi connectivity index (χ0v) is 23.2. The molecule has 0 heterocycles. The lowest BCUT2D eigenvalue weighted by Crippen LogP contribution is -2.46. The van der Waals surface area contributed by atoms with Gasteiger partial charge in [0.15, 0.2) is 5.78 Å². The Hall–Kier alpha value is -2.18. The van der Waals surface area contributed by atoms with Crippen molar-refractivity contribution < 1.29 is 14.0 Å². The van der Waals surface area contributed by atoms with Crippen molar-refractivity contribution in [3.8, 4) is 5.75 Å². The number of carbonyl (C=O) groups is 1. The van der Waals surface area contributed by atoms with Gasteiger partial charge in [-0.05, 0) is 43.5 Å². The van der Waals surface area contributed by atoms with Crippen LogP contribution < -0.4 is 4.74 Å². The van der Waals surface area contributed by atoms with E-state index in [1.807, 2.05) is 54.6 Å². The second-order valence-corrected chi connectivity index (χ2v) is 11.2. The van der Waals surface area contributed by atoms with E-state index in [-0.39, 0.29) is 9.71 Å². The van der Waals surface area contributed by atoms with Crippen LogP contribution in [-0.2, 0) is 5.41 Å². The van der Waals surface area contributed by atoms with Crippen LogP contribution in [0.5, 0.6) is 5.75 Å². The average Bonchev–Trinajstić information content (AvgIpc) is 2.86. The molecule has 3 aromatic rings. The van der Waals surface area contributed by atoms with E-state index < -0.39 is 5.41 Å². The Morgan fingerprint density at radius 2 is 1.53 bits per heavy atom. The van der Waals surface area contributed by atoms with Gasteiger partial charge in [0.25, 0.3) is 0 Å². The normalized spacial score (nSPS) is 14.3. The van der Waals surface area contributed by atoms with Crippen LogP contribution in [0.4, 0.5) is 0 Å². The van der Waals surface area contributed by atoms with Crippen molar-refractivity contribution in [2.45, 2.75) is 37.0 Å². The fourth-order valence-corrected chi connectivity index (χ4v) is 5.56. The number of hydrogen-bond donors (Lipinski definition) is 0. The minimum absolute atomic E-state index is 0.0264. The fourth-order valence-electron chi connectivity index (χ4n) is 4.56. The summed E-state index contributed by atoms with van der Waals surface area (Å²) >= 11 is 2.41. The monoisotopic (exact) mass is 570 g/mol. The van der Waals surface area contributed by atoms with Gasteiger partial charge in [-0.15, -0.1) is 0 Å². The van der Waals surface area contributed by atoms with Gasteiger partial charge >= 0.3 is 0 Å². The first-order chi connectivity index (χ1) is 16.3. The highest BCUT2D eigenvalue weighted by atomic mass is 127. The predicted octanol–water partition coefficient (Wildman–Crippen LogP) is 6.85. The molecule has 3 aromatic carbocycles. The highest BCUT2D eigenvalue weighted by Gasteiger charge is 2.46. The van der Waals surface area contributed by atoms with Crippen molar-refractivity contribution in [3.05, 3.63) is 101 Å². The highest BCUT2D eigenvalue weighted by molar-refractivity contribution is 14.1. The summed E-state index contributed by atoms with van der Waals surface area (Å²) in [4.78, 5) is 14.2. The van der Waals surface area contributed by atoms with Crippen molar-refractivity contribution in [1.29, 1.82) is 0 Å². The van der Waals surface area contributed by atoms with E-state index in [0.29, 0.717) is 6.61 Å². The number of quaternary nitrogens is 1.